The van der Waals surface area contributed by atoms with Crippen LogP contribution in [0, 0.1) is 0 Å². The summed E-state index contributed by atoms with van der Waals surface area (Å²) in [6.45, 7) is 7.35. The molecule has 0 saturated heterocycles. The number of hydrogen-bond donors (Lipinski definition) is 3. The summed E-state index contributed by atoms with van der Waals surface area (Å²) in [7, 11) is 0. The van der Waals surface area contributed by atoms with Gasteiger partial charge in [0.05, 0.1) is 5.69 Å². The Balaban J connectivity index is 1.91. The number of aryl methyl sites for hydroxylation is 1. The molecule has 0 atom stereocenters. The first-order valence-corrected chi connectivity index (χ1v) is 12.8. The molecule has 0 unspecified atom stereocenters. The number of benzene rings is 3. The van der Waals surface area contributed by atoms with E-state index in [0.717, 1.165) is 41.8 Å². The third kappa shape index (κ3) is 6.56. The molecule has 3 aromatic carbocycles. The van der Waals surface area contributed by atoms with E-state index in [1.165, 1.54) is 16.7 Å². The molecule has 0 radical (unpaired) electrons. The van der Waals surface area contributed by atoms with Gasteiger partial charge in [0.1, 0.15) is 0 Å². The summed E-state index contributed by atoms with van der Waals surface area (Å²) in [5, 5.41) is 3.74. The summed E-state index contributed by atoms with van der Waals surface area (Å²) >= 11 is 6.50. The van der Waals surface area contributed by atoms with Crippen LogP contribution in [-0.4, -0.2) is 19.1 Å². The molecule has 5 nitrogen and oxygen atoms in total. The quantitative estimate of drug-likeness (QED) is 0.286. The second-order valence-corrected chi connectivity index (χ2v) is 9.10. The summed E-state index contributed by atoms with van der Waals surface area (Å²) in [4.78, 5) is 15.5. The van der Waals surface area contributed by atoms with Crippen molar-refractivity contribution in [1.82, 2.24) is 0 Å². The van der Waals surface area contributed by atoms with Crippen molar-refractivity contribution in [3.05, 3.63) is 87.4 Å². The van der Waals surface area contributed by atoms with Gasteiger partial charge in [-0.25, -0.2) is 4.79 Å². The van der Waals surface area contributed by atoms with E-state index in [4.69, 9.17) is 23.1 Å². The lowest BCUT2D eigenvalue weighted by atomic mass is 10.0. The highest BCUT2D eigenvalue weighted by atomic mass is 35.5. The fraction of sp³-hybridized carbons (Fsp3) is 0.345. The molecule has 3 rings (SSSR count). The molecule has 2 amide bonds. The van der Waals surface area contributed by atoms with Crippen LogP contribution in [0.25, 0.3) is 0 Å². The van der Waals surface area contributed by atoms with E-state index in [9.17, 15) is 4.79 Å². The van der Waals surface area contributed by atoms with Crippen molar-refractivity contribution in [1.29, 1.82) is 0 Å². The number of nitrogens with zero attached hydrogens (tertiary/aromatic N) is 1. The first-order valence-electron chi connectivity index (χ1n) is 12.5. The third-order valence-electron chi connectivity index (χ3n) is 6.44. The maximum atomic E-state index is 13.7. The first kappa shape index (κ1) is 26.6. The van der Waals surface area contributed by atoms with E-state index in [2.05, 4.69) is 48.6 Å². The highest BCUT2D eigenvalue weighted by Crippen LogP contribution is 2.34. The van der Waals surface area contributed by atoms with Crippen molar-refractivity contribution >= 4 is 34.7 Å². The molecule has 0 saturated carbocycles. The van der Waals surface area contributed by atoms with Gasteiger partial charge in [-0.15, -0.1) is 0 Å². The summed E-state index contributed by atoms with van der Waals surface area (Å²) in [6, 6.07) is 18.2. The molecule has 6 heteroatoms. The Morgan fingerprint density at radius 2 is 1.43 bits per heavy atom. The zero-order chi connectivity index (χ0) is 25.4. The number of carbonyl (C=O) groups excluding carboxylic acids is 1. The van der Waals surface area contributed by atoms with Crippen LogP contribution in [0.5, 0.6) is 0 Å². The van der Waals surface area contributed by atoms with E-state index < -0.39 is 0 Å². The lowest BCUT2D eigenvalue weighted by Crippen LogP contribution is -2.37. The van der Waals surface area contributed by atoms with E-state index in [-0.39, 0.29) is 6.03 Å². The molecule has 0 aromatic heterocycles. The number of urea groups is 1. The molecule has 0 spiro atoms. The van der Waals surface area contributed by atoms with Crippen molar-refractivity contribution in [2.45, 2.75) is 52.9 Å². The van der Waals surface area contributed by atoms with Crippen molar-refractivity contribution < 1.29 is 4.79 Å². The Morgan fingerprint density at radius 3 is 1.97 bits per heavy atom. The van der Waals surface area contributed by atoms with Gasteiger partial charge in [-0.3, -0.25) is 4.90 Å². The van der Waals surface area contributed by atoms with Crippen LogP contribution in [0.2, 0.25) is 5.02 Å². The second kappa shape index (κ2) is 12.6. The number of anilines is 3. The molecule has 0 aliphatic heterocycles. The highest BCUT2D eigenvalue weighted by molar-refractivity contribution is 6.32. The summed E-state index contributed by atoms with van der Waals surface area (Å²) in [6.07, 6.45) is 3.93. The van der Waals surface area contributed by atoms with Crippen LogP contribution in [0.15, 0.2) is 54.6 Å². The molecule has 0 aliphatic carbocycles. The van der Waals surface area contributed by atoms with Gasteiger partial charge >= 0.3 is 6.03 Å². The number of rotatable bonds is 10. The average molecular weight is 493 g/mol. The molecule has 35 heavy (non-hydrogen) atoms. The number of carbonyl (C=O) groups is 1. The predicted molar refractivity (Wildman–Crippen MR) is 150 cm³/mol. The van der Waals surface area contributed by atoms with E-state index in [1.807, 2.05) is 26.0 Å². The van der Waals surface area contributed by atoms with Gasteiger partial charge in [-0.2, -0.15) is 0 Å². The molecule has 0 bridgehead atoms. The number of amides is 2. The monoisotopic (exact) mass is 492 g/mol. The van der Waals surface area contributed by atoms with Gasteiger partial charge in [0.25, 0.3) is 0 Å². The molecule has 186 valence electrons. The molecule has 5 N–H and O–H groups in total. The van der Waals surface area contributed by atoms with Crippen LogP contribution < -0.4 is 21.7 Å². The Morgan fingerprint density at radius 1 is 0.857 bits per heavy atom. The molecular formula is C29H37ClN4O. The summed E-state index contributed by atoms with van der Waals surface area (Å²) < 4.78 is 0. The Labute approximate surface area is 214 Å². The normalized spacial score (nSPS) is 10.9. The van der Waals surface area contributed by atoms with E-state index in [0.29, 0.717) is 36.6 Å². The largest absolute Gasteiger partial charge is 0.398 e. The molecule has 3 aromatic rings. The first-order chi connectivity index (χ1) is 16.9. The van der Waals surface area contributed by atoms with E-state index >= 15 is 0 Å². The number of halogens is 1. The van der Waals surface area contributed by atoms with Gasteiger partial charge in [0.2, 0.25) is 0 Å². The Bertz CT molecular complexity index is 1100. The van der Waals surface area contributed by atoms with E-state index in [1.54, 1.807) is 11.0 Å². The Hall–Kier alpha value is -3.02. The Kier molecular flexibility index (Phi) is 9.58. The highest BCUT2D eigenvalue weighted by Gasteiger charge is 2.21. The van der Waals surface area contributed by atoms with Crippen molar-refractivity contribution in [2.24, 2.45) is 5.73 Å². The van der Waals surface area contributed by atoms with Crippen molar-refractivity contribution in [2.75, 3.05) is 29.0 Å². The number of nitrogen functional groups attached to an aromatic ring is 1. The number of nitrogens with two attached hydrogens (primary N) is 2. The van der Waals surface area contributed by atoms with Gasteiger partial charge in [0, 0.05) is 22.9 Å². The fourth-order valence-corrected chi connectivity index (χ4v) is 4.69. The molecular weight excluding hydrogens is 456 g/mol. The lowest BCUT2D eigenvalue weighted by molar-refractivity contribution is 0.257. The zero-order valence-electron chi connectivity index (χ0n) is 21.0. The smallest absolute Gasteiger partial charge is 0.326 e. The molecule has 0 fully saturated rings. The standard InChI is InChI=1S/C29H37ClN4O/c1-4-20-11-13-23(14-12-20)34(18-16-22-9-7-21(8-10-22)15-17-31)29(35)33-28-24(5-2)26(30)19-27(32)25(28)6-3/h7-14,19H,4-6,15-18,31-32H2,1-3H3,(H,33,35). The predicted octanol–water partition coefficient (Wildman–Crippen LogP) is 6.39. The molecule has 0 heterocycles. The minimum absolute atomic E-state index is 0.194. The van der Waals surface area contributed by atoms with Crippen molar-refractivity contribution in [3.63, 3.8) is 0 Å². The maximum absolute atomic E-state index is 13.7. The van der Waals surface area contributed by atoms with Crippen LogP contribution in [-0.2, 0) is 32.1 Å². The SMILES string of the molecule is CCc1ccc(N(CCc2ccc(CCN)cc2)C(=O)Nc2c(CC)c(N)cc(Cl)c2CC)cc1. The third-order valence-corrected chi connectivity index (χ3v) is 6.78. The van der Waals surface area contributed by atoms with Gasteiger partial charge in [-0.1, -0.05) is 68.8 Å². The van der Waals surface area contributed by atoms with Crippen LogP contribution in [0.4, 0.5) is 21.9 Å². The maximum Gasteiger partial charge on any atom is 0.326 e. The zero-order valence-corrected chi connectivity index (χ0v) is 21.8. The topological polar surface area (TPSA) is 84.4 Å². The minimum atomic E-state index is -0.194. The fourth-order valence-electron chi connectivity index (χ4n) is 4.35. The number of nitrogens with one attached hydrogen (secondary N) is 1. The summed E-state index contributed by atoms with van der Waals surface area (Å²) in [5.41, 5.74) is 19.6. The van der Waals surface area contributed by atoms with Gasteiger partial charge in [-0.05, 0) is 84.7 Å². The van der Waals surface area contributed by atoms with Crippen LogP contribution >= 0.6 is 11.6 Å². The minimum Gasteiger partial charge on any atom is -0.398 e. The van der Waals surface area contributed by atoms with Gasteiger partial charge < -0.3 is 16.8 Å². The molecule has 0 aliphatic rings. The lowest BCUT2D eigenvalue weighted by Gasteiger charge is -2.26. The van der Waals surface area contributed by atoms with Gasteiger partial charge in [0.15, 0.2) is 0 Å². The van der Waals surface area contributed by atoms with Crippen LogP contribution in [0.3, 0.4) is 0 Å². The summed E-state index contributed by atoms with van der Waals surface area (Å²) in [5.74, 6) is 0. The average Bonchev–Trinajstić information content (AvgIpc) is 2.86. The second-order valence-electron chi connectivity index (χ2n) is 8.69. The van der Waals surface area contributed by atoms with Crippen LogP contribution in [0.1, 0.15) is 48.6 Å². The number of hydrogen-bond acceptors (Lipinski definition) is 3. The van der Waals surface area contributed by atoms with Crippen molar-refractivity contribution in [3.8, 4) is 0 Å².